The first-order valence-corrected chi connectivity index (χ1v) is 9.88. The number of aromatic nitrogens is 2. The topological polar surface area (TPSA) is 75.4 Å². The molecule has 6 nitrogen and oxygen atoms in total. The third-order valence-corrected chi connectivity index (χ3v) is 6.08. The highest BCUT2D eigenvalue weighted by Gasteiger charge is 2.47. The quantitative estimate of drug-likeness (QED) is 0.750. The summed E-state index contributed by atoms with van der Waals surface area (Å²) in [5.41, 5.74) is 1.58. The number of nitrogens with zero attached hydrogens (tertiary/aromatic N) is 3. The number of hydrogen-bond acceptors (Lipinski definition) is 4. The van der Waals surface area contributed by atoms with Crippen molar-refractivity contribution < 1.29 is 9.90 Å². The van der Waals surface area contributed by atoms with Crippen LogP contribution in [-0.4, -0.2) is 38.3 Å². The van der Waals surface area contributed by atoms with Crippen LogP contribution in [-0.2, 0) is 0 Å². The van der Waals surface area contributed by atoms with Gasteiger partial charge in [0.1, 0.15) is 0 Å². The summed E-state index contributed by atoms with van der Waals surface area (Å²) in [4.78, 5) is 26.9. The molecule has 1 amide bonds. The van der Waals surface area contributed by atoms with Gasteiger partial charge in [0, 0.05) is 12.5 Å². The summed E-state index contributed by atoms with van der Waals surface area (Å²) >= 11 is 0. The normalized spacial score (nSPS) is 20.6. The highest BCUT2D eigenvalue weighted by atomic mass is 16.3. The van der Waals surface area contributed by atoms with Gasteiger partial charge in [-0.15, -0.1) is 0 Å². The Balaban J connectivity index is 1.78. The van der Waals surface area contributed by atoms with Crippen molar-refractivity contribution in [1.29, 1.82) is 0 Å². The van der Waals surface area contributed by atoms with Crippen molar-refractivity contribution in [2.45, 2.75) is 30.8 Å². The van der Waals surface area contributed by atoms with Crippen molar-refractivity contribution in [3.05, 3.63) is 93.9 Å². The Morgan fingerprint density at radius 1 is 0.966 bits per heavy atom. The molecule has 0 aliphatic carbocycles. The van der Waals surface area contributed by atoms with Crippen LogP contribution in [0.4, 0.5) is 0 Å². The Morgan fingerprint density at radius 2 is 1.59 bits per heavy atom. The third kappa shape index (κ3) is 2.75. The lowest BCUT2D eigenvalue weighted by Gasteiger charge is -2.42. The number of benzene rings is 2. The first-order chi connectivity index (χ1) is 14.2. The SMILES string of the molecule is O=C1c2c(O)c(=O)cnn2C(C(c2ccccc2)c2ccccc2)[C@H]2CCCN12. The van der Waals surface area contributed by atoms with Crippen LogP contribution in [0.5, 0.6) is 5.75 Å². The average Bonchev–Trinajstić information content (AvgIpc) is 3.25. The van der Waals surface area contributed by atoms with Gasteiger partial charge < -0.3 is 10.0 Å². The summed E-state index contributed by atoms with van der Waals surface area (Å²) in [5, 5.41) is 14.8. The first kappa shape index (κ1) is 17.7. The van der Waals surface area contributed by atoms with Gasteiger partial charge in [-0.3, -0.25) is 14.3 Å². The molecular formula is C23H21N3O3. The second-order valence-corrected chi connectivity index (χ2v) is 7.65. The molecular weight excluding hydrogens is 366 g/mol. The number of hydrogen-bond donors (Lipinski definition) is 1. The third-order valence-electron chi connectivity index (χ3n) is 6.08. The van der Waals surface area contributed by atoms with Crippen LogP contribution in [0, 0.1) is 0 Å². The van der Waals surface area contributed by atoms with Crippen LogP contribution < -0.4 is 5.43 Å². The minimum Gasteiger partial charge on any atom is -0.502 e. The lowest BCUT2D eigenvalue weighted by molar-refractivity contribution is 0.0565. The van der Waals surface area contributed by atoms with E-state index in [-0.39, 0.29) is 29.6 Å². The molecule has 1 aromatic heterocycles. The lowest BCUT2D eigenvalue weighted by Crippen LogP contribution is -2.50. The van der Waals surface area contributed by atoms with E-state index in [0.717, 1.165) is 30.2 Å². The molecule has 1 unspecified atom stereocenters. The van der Waals surface area contributed by atoms with Gasteiger partial charge in [0.05, 0.1) is 18.3 Å². The second kappa shape index (κ2) is 6.88. The minimum absolute atomic E-state index is 0.00230. The zero-order valence-corrected chi connectivity index (χ0v) is 15.8. The molecule has 0 bridgehead atoms. The summed E-state index contributed by atoms with van der Waals surface area (Å²) in [6.45, 7) is 0.624. The van der Waals surface area contributed by atoms with Crippen LogP contribution in [0.2, 0.25) is 0 Å². The number of carbonyl (C=O) groups is 1. The van der Waals surface area contributed by atoms with Gasteiger partial charge in [-0.05, 0) is 24.0 Å². The maximum Gasteiger partial charge on any atom is 0.276 e. The molecule has 0 saturated carbocycles. The maximum atomic E-state index is 13.1. The lowest BCUT2D eigenvalue weighted by atomic mass is 9.80. The van der Waals surface area contributed by atoms with Crippen molar-refractivity contribution in [1.82, 2.24) is 14.7 Å². The monoisotopic (exact) mass is 387 g/mol. The van der Waals surface area contributed by atoms with Gasteiger partial charge >= 0.3 is 0 Å². The molecule has 3 aromatic rings. The number of amides is 1. The van der Waals surface area contributed by atoms with E-state index >= 15 is 0 Å². The summed E-state index contributed by atoms with van der Waals surface area (Å²) in [6.07, 6.45) is 2.86. The van der Waals surface area contributed by atoms with Gasteiger partial charge in [-0.1, -0.05) is 60.7 Å². The van der Waals surface area contributed by atoms with E-state index in [2.05, 4.69) is 29.4 Å². The Morgan fingerprint density at radius 3 is 2.21 bits per heavy atom. The smallest absolute Gasteiger partial charge is 0.276 e. The molecule has 0 spiro atoms. The van der Waals surface area contributed by atoms with E-state index in [1.54, 1.807) is 9.58 Å². The average molecular weight is 387 g/mol. The van der Waals surface area contributed by atoms with E-state index in [1.165, 1.54) is 0 Å². The largest absolute Gasteiger partial charge is 0.502 e. The van der Waals surface area contributed by atoms with E-state index in [1.807, 2.05) is 36.4 Å². The zero-order valence-electron chi connectivity index (χ0n) is 15.8. The van der Waals surface area contributed by atoms with Crippen molar-refractivity contribution in [2.24, 2.45) is 0 Å². The van der Waals surface area contributed by atoms with Crippen molar-refractivity contribution in [3.63, 3.8) is 0 Å². The number of aromatic hydroxyl groups is 1. The number of rotatable bonds is 3. The molecule has 0 radical (unpaired) electrons. The maximum absolute atomic E-state index is 13.1. The Bertz CT molecular complexity index is 1070. The van der Waals surface area contributed by atoms with Crippen LogP contribution in [0.3, 0.4) is 0 Å². The molecule has 29 heavy (non-hydrogen) atoms. The second-order valence-electron chi connectivity index (χ2n) is 7.65. The fourth-order valence-corrected chi connectivity index (χ4v) is 4.85. The number of fused-ring (bicyclic) bond motifs is 2. The standard InChI is InChI=1S/C23H21N3O3/c27-18-14-24-26-20(17-12-7-13-25(17)23(29)21(26)22(18)28)19(15-8-3-1-4-9-15)16-10-5-2-6-11-16/h1-6,8-11,14,17,19-20,28H,7,12-13H2/t17-,20?/m1/s1. The fourth-order valence-electron chi connectivity index (χ4n) is 4.85. The summed E-state index contributed by atoms with van der Waals surface area (Å²) in [6, 6.07) is 20.0. The molecule has 5 rings (SSSR count). The highest BCUT2D eigenvalue weighted by Crippen LogP contribution is 2.45. The molecule has 3 heterocycles. The van der Waals surface area contributed by atoms with E-state index in [4.69, 9.17) is 0 Å². The van der Waals surface area contributed by atoms with Gasteiger partial charge in [0.15, 0.2) is 11.4 Å². The molecule has 2 aromatic carbocycles. The molecule has 2 atom stereocenters. The summed E-state index contributed by atoms with van der Waals surface area (Å²) in [5.74, 6) is -0.907. The molecule has 1 N–H and O–H groups in total. The molecule has 6 heteroatoms. The molecule has 2 aliphatic heterocycles. The Hall–Kier alpha value is -3.41. The van der Waals surface area contributed by atoms with E-state index in [9.17, 15) is 14.7 Å². The van der Waals surface area contributed by atoms with Gasteiger partial charge in [0.25, 0.3) is 5.91 Å². The van der Waals surface area contributed by atoms with E-state index < -0.39 is 11.2 Å². The number of carbonyl (C=O) groups excluding carboxylic acids is 1. The Labute approximate surface area is 168 Å². The van der Waals surface area contributed by atoms with Crippen molar-refractivity contribution >= 4 is 5.91 Å². The van der Waals surface area contributed by atoms with Gasteiger partial charge in [0.2, 0.25) is 5.43 Å². The minimum atomic E-state index is -0.628. The highest BCUT2D eigenvalue weighted by molar-refractivity contribution is 5.96. The van der Waals surface area contributed by atoms with Crippen LogP contribution >= 0.6 is 0 Å². The molecule has 1 fully saturated rings. The Kier molecular flexibility index (Phi) is 4.19. The van der Waals surface area contributed by atoms with Crippen LogP contribution in [0.25, 0.3) is 0 Å². The summed E-state index contributed by atoms with van der Waals surface area (Å²) in [7, 11) is 0. The van der Waals surface area contributed by atoms with Gasteiger partial charge in [-0.25, -0.2) is 0 Å². The first-order valence-electron chi connectivity index (χ1n) is 9.88. The van der Waals surface area contributed by atoms with E-state index in [0.29, 0.717) is 6.54 Å². The molecule has 2 aliphatic rings. The van der Waals surface area contributed by atoms with Crippen molar-refractivity contribution in [3.8, 4) is 5.75 Å². The summed E-state index contributed by atoms with van der Waals surface area (Å²) < 4.78 is 1.59. The zero-order chi connectivity index (χ0) is 20.0. The predicted octanol–water partition coefficient (Wildman–Crippen LogP) is 2.94. The van der Waals surface area contributed by atoms with Crippen molar-refractivity contribution in [2.75, 3.05) is 6.54 Å². The van der Waals surface area contributed by atoms with Crippen LogP contribution in [0.1, 0.15) is 46.4 Å². The molecule has 1 saturated heterocycles. The fraction of sp³-hybridized carbons (Fsp3) is 0.261. The van der Waals surface area contributed by atoms with Crippen LogP contribution in [0.15, 0.2) is 71.7 Å². The predicted molar refractivity (Wildman–Crippen MR) is 108 cm³/mol. The van der Waals surface area contributed by atoms with Gasteiger partial charge in [-0.2, -0.15) is 5.10 Å². The molecule has 146 valence electrons.